The smallest absolute Gasteiger partial charge is 0.225 e. The van der Waals surface area contributed by atoms with Crippen LogP contribution in [0.25, 0.3) is 0 Å². The first-order chi connectivity index (χ1) is 16.3. The van der Waals surface area contributed by atoms with Crippen molar-refractivity contribution in [3.63, 3.8) is 0 Å². The predicted molar refractivity (Wildman–Crippen MR) is 123 cm³/mol. The largest absolute Gasteiger partial charge is 0.367 e. The van der Waals surface area contributed by atoms with E-state index in [1.807, 2.05) is 4.90 Å². The number of nitrogens with one attached hydrogen (secondary N) is 1. The van der Waals surface area contributed by atoms with E-state index in [9.17, 15) is 17.2 Å². The first kappa shape index (κ1) is 22.4. The maximum absolute atomic E-state index is 14.8. The normalized spacial score (nSPS) is 16.6. The van der Waals surface area contributed by atoms with Gasteiger partial charge in [-0.15, -0.1) is 0 Å². The first-order valence-corrected chi connectivity index (χ1v) is 12.8. The van der Waals surface area contributed by atoms with Gasteiger partial charge < -0.3 is 15.1 Å². The van der Waals surface area contributed by atoms with Crippen molar-refractivity contribution < 1.29 is 17.2 Å². The fourth-order valence-corrected chi connectivity index (χ4v) is 5.01. The molecule has 3 aromatic rings. The zero-order valence-corrected chi connectivity index (χ0v) is 19.3. The van der Waals surface area contributed by atoms with Crippen LogP contribution in [-0.2, 0) is 16.3 Å². The zero-order valence-electron chi connectivity index (χ0n) is 18.4. The standard InChI is InChI=1S/C22H23F2N7O2S/c1-34(32,33)16-2-3-19(18(24)10-16)31-9-6-17-20(27-13-28-21(17)31)29-15-4-7-30(8-5-15)22-25-11-14(23)12-26-22/h2-3,10-13,15H,4-9H2,1H3,(H,27,28,29). The van der Waals surface area contributed by atoms with E-state index >= 15 is 0 Å². The molecule has 2 aromatic heterocycles. The molecule has 2 aliphatic rings. The number of halogens is 2. The molecule has 0 atom stereocenters. The summed E-state index contributed by atoms with van der Waals surface area (Å²) in [5.74, 6) is 0.776. The van der Waals surface area contributed by atoms with E-state index in [4.69, 9.17) is 0 Å². The van der Waals surface area contributed by atoms with Gasteiger partial charge in [-0.05, 0) is 37.5 Å². The average molecular weight is 488 g/mol. The average Bonchev–Trinajstić information content (AvgIpc) is 3.24. The maximum atomic E-state index is 14.8. The van der Waals surface area contributed by atoms with Gasteiger partial charge in [0.2, 0.25) is 5.95 Å². The van der Waals surface area contributed by atoms with Crippen LogP contribution in [0.1, 0.15) is 18.4 Å². The minimum atomic E-state index is -3.49. The van der Waals surface area contributed by atoms with Gasteiger partial charge in [0.25, 0.3) is 0 Å². The van der Waals surface area contributed by atoms with Gasteiger partial charge in [0, 0.05) is 37.5 Å². The van der Waals surface area contributed by atoms with Crippen molar-refractivity contribution in [2.75, 3.05) is 41.0 Å². The van der Waals surface area contributed by atoms with E-state index < -0.39 is 21.5 Å². The van der Waals surface area contributed by atoms with E-state index in [2.05, 4.69) is 25.3 Å². The summed E-state index contributed by atoms with van der Waals surface area (Å²) in [5, 5.41) is 3.50. The number of aromatic nitrogens is 4. The molecule has 0 spiro atoms. The topological polar surface area (TPSA) is 104 Å². The number of hydrogen-bond acceptors (Lipinski definition) is 9. The Morgan fingerprint density at radius 2 is 1.76 bits per heavy atom. The lowest BCUT2D eigenvalue weighted by Gasteiger charge is -2.32. The van der Waals surface area contributed by atoms with Gasteiger partial charge >= 0.3 is 0 Å². The van der Waals surface area contributed by atoms with E-state index in [0.717, 1.165) is 49.6 Å². The summed E-state index contributed by atoms with van der Waals surface area (Å²) in [6, 6.07) is 4.10. The summed E-state index contributed by atoms with van der Waals surface area (Å²) >= 11 is 0. The molecule has 1 saturated heterocycles. The van der Waals surface area contributed by atoms with Gasteiger partial charge in [0.15, 0.2) is 15.7 Å². The first-order valence-electron chi connectivity index (χ1n) is 10.9. The van der Waals surface area contributed by atoms with E-state index in [1.165, 1.54) is 30.9 Å². The summed E-state index contributed by atoms with van der Waals surface area (Å²) in [6.45, 7) is 1.96. The molecular weight excluding hydrogens is 464 g/mol. The van der Waals surface area contributed by atoms with Crippen LogP contribution in [0.2, 0.25) is 0 Å². The zero-order chi connectivity index (χ0) is 23.9. The van der Waals surface area contributed by atoms with Gasteiger partial charge in [-0.3, -0.25) is 0 Å². The predicted octanol–water partition coefficient (Wildman–Crippen LogP) is 2.72. The summed E-state index contributed by atoms with van der Waals surface area (Å²) in [5.41, 5.74) is 1.18. The molecule has 1 N–H and O–H groups in total. The van der Waals surface area contributed by atoms with E-state index in [0.29, 0.717) is 24.7 Å². The molecule has 1 aromatic carbocycles. The Kier molecular flexibility index (Phi) is 5.76. The van der Waals surface area contributed by atoms with Crippen LogP contribution in [0.5, 0.6) is 0 Å². The third-order valence-electron chi connectivity index (χ3n) is 6.13. The lowest BCUT2D eigenvalue weighted by molar-refractivity contribution is 0.516. The number of rotatable bonds is 5. The Morgan fingerprint density at radius 1 is 1.03 bits per heavy atom. The van der Waals surface area contributed by atoms with E-state index in [1.54, 1.807) is 4.90 Å². The quantitative estimate of drug-likeness (QED) is 0.582. The highest BCUT2D eigenvalue weighted by Gasteiger charge is 2.29. The molecule has 9 nitrogen and oxygen atoms in total. The SMILES string of the molecule is CS(=O)(=O)c1ccc(N2CCc3c(NC4CCN(c5ncc(F)cn5)CC4)ncnc32)c(F)c1. The Morgan fingerprint density at radius 3 is 2.44 bits per heavy atom. The van der Waals surface area contributed by atoms with Crippen LogP contribution in [0, 0.1) is 11.6 Å². The maximum Gasteiger partial charge on any atom is 0.225 e. The molecule has 0 aliphatic carbocycles. The highest BCUT2D eigenvalue weighted by molar-refractivity contribution is 7.90. The van der Waals surface area contributed by atoms with Crippen molar-refractivity contribution >= 4 is 33.1 Å². The van der Waals surface area contributed by atoms with Crippen molar-refractivity contribution in [2.45, 2.75) is 30.2 Å². The van der Waals surface area contributed by atoms with Crippen molar-refractivity contribution in [3.8, 4) is 0 Å². The second-order valence-electron chi connectivity index (χ2n) is 8.42. The fourth-order valence-electron chi connectivity index (χ4n) is 4.38. The van der Waals surface area contributed by atoms with Crippen LogP contribution >= 0.6 is 0 Å². The van der Waals surface area contributed by atoms with Crippen LogP contribution in [0.3, 0.4) is 0 Å². The van der Waals surface area contributed by atoms with Crippen molar-refractivity contribution in [1.82, 2.24) is 19.9 Å². The van der Waals surface area contributed by atoms with Gasteiger partial charge in [-0.1, -0.05) is 0 Å². The molecule has 5 rings (SSSR count). The van der Waals surface area contributed by atoms with Crippen LogP contribution in [0.15, 0.2) is 41.8 Å². The molecule has 2 aliphatic heterocycles. The van der Waals surface area contributed by atoms with Crippen molar-refractivity contribution in [3.05, 3.63) is 54.1 Å². The summed E-state index contributed by atoms with van der Waals surface area (Å²) in [4.78, 5) is 20.6. The van der Waals surface area contributed by atoms with Gasteiger partial charge in [0.05, 0.1) is 23.0 Å². The minimum Gasteiger partial charge on any atom is -0.367 e. The van der Waals surface area contributed by atoms with E-state index in [-0.39, 0.29) is 16.6 Å². The molecule has 0 radical (unpaired) electrons. The molecule has 0 amide bonds. The number of benzene rings is 1. The summed E-state index contributed by atoms with van der Waals surface area (Å²) in [6.07, 6.45) is 7.11. The third kappa shape index (κ3) is 4.37. The number of sulfone groups is 1. The van der Waals surface area contributed by atoms with Crippen LogP contribution < -0.4 is 15.1 Å². The monoisotopic (exact) mass is 487 g/mol. The second-order valence-corrected chi connectivity index (χ2v) is 10.4. The number of fused-ring (bicyclic) bond motifs is 1. The molecule has 4 heterocycles. The Hall–Kier alpha value is -3.41. The van der Waals surface area contributed by atoms with Gasteiger partial charge in [-0.2, -0.15) is 0 Å². The Balaban J connectivity index is 1.30. The molecule has 0 bridgehead atoms. The Bertz CT molecular complexity index is 1310. The lowest BCUT2D eigenvalue weighted by atomic mass is 10.0. The summed E-state index contributed by atoms with van der Waals surface area (Å²) < 4.78 is 51.3. The molecule has 1 fully saturated rings. The Labute approximate surface area is 195 Å². The number of piperidine rings is 1. The molecule has 178 valence electrons. The van der Waals surface area contributed by atoms with Crippen molar-refractivity contribution in [1.29, 1.82) is 0 Å². The second kappa shape index (κ2) is 8.75. The molecule has 12 heteroatoms. The number of anilines is 4. The summed E-state index contributed by atoms with van der Waals surface area (Å²) in [7, 11) is -3.49. The highest BCUT2D eigenvalue weighted by Crippen LogP contribution is 2.37. The third-order valence-corrected chi connectivity index (χ3v) is 7.24. The number of hydrogen-bond donors (Lipinski definition) is 1. The minimum absolute atomic E-state index is 0.0596. The molecule has 34 heavy (non-hydrogen) atoms. The number of nitrogens with zero attached hydrogens (tertiary/aromatic N) is 6. The van der Waals surface area contributed by atoms with Gasteiger partial charge in [0.1, 0.15) is 23.8 Å². The molecular formula is C22H23F2N7O2S. The lowest BCUT2D eigenvalue weighted by Crippen LogP contribution is -2.40. The highest BCUT2D eigenvalue weighted by atomic mass is 32.2. The van der Waals surface area contributed by atoms with Crippen LogP contribution in [-0.4, -0.2) is 60.3 Å². The fraction of sp³-hybridized carbons (Fsp3) is 0.364. The van der Waals surface area contributed by atoms with Crippen molar-refractivity contribution in [2.24, 2.45) is 0 Å². The molecule has 0 unspecified atom stereocenters. The van der Waals surface area contributed by atoms with Gasteiger partial charge in [-0.25, -0.2) is 37.1 Å². The molecule has 0 saturated carbocycles. The van der Waals surface area contributed by atoms with Crippen LogP contribution in [0.4, 0.5) is 32.1 Å².